The summed E-state index contributed by atoms with van der Waals surface area (Å²) in [4.78, 5) is 23.7. The van der Waals surface area contributed by atoms with Gasteiger partial charge in [-0.05, 0) is 42.5 Å². The highest BCUT2D eigenvalue weighted by molar-refractivity contribution is 7.99. The second-order valence-electron chi connectivity index (χ2n) is 4.10. The first-order valence-electron chi connectivity index (χ1n) is 5.94. The number of benzene rings is 2. The maximum Gasteiger partial charge on any atom is 0.339 e. The van der Waals surface area contributed by atoms with Crippen LogP contribution in [0.2, 0.25) is 0 Å². The van der Waals surface area contributed by atoms with E-state index in [4.69, 9.17) is 5.11 Å². The first-order valence-corrected chi connectivity index (χ1v) is 6.75. The number of aromatic hydroxyl groups is 1. The molecule has 2 aromatic rings. The number of aromatic carboxylic acids is 1. The molecule has 108 valence electrons. The number of carboxylic acid groups (broad SMARTS) is 1. The molecule has 0 saturated carbocycles. The normalized spacial score (nSPS) is 10.1. The van der Waals surface area contributed by atoms with Gasteiger partial charge in [-0.25, -0.2) is 9.59 Å². The number of hydrogen-bond donors (Lipinski definition) is 2. The number of ether oxygens (including phenoxy) is 1. The first kappa shape index (κ1) is 14.9. The second-order valence-corrected chi connectivity index (χ2v) is 5.25. The Hall–Kier alpha value is -2.47. The molecule has 0 heterocycles. The first-order chi connectivity index (χ1) is 10.0. The fraction of sp³-hybridized carbons (Fsp3) is 0.0667. The molecule has 0 aliphatic carbocycles. The zero-order valence-electron chi connectivity index (χ0n) is 11.1. The molecular weight excluding hydrogens is 292 g/mol. The molecule has 0 bridgehead atoms. The average Bonchev–Trinajstić information content (AvgIpc) is 2.47. The SMILES string of the molecule is COC(=O)c1ccc(Sc2ccc(C(=O)O)c(O)c2)cc1. The van der Waals surface area contributed by atoms with Gasteiger partial charge >= 0.3 is 11.9 Å². The molecule has 0 spiro atoms. The minimum Gasteiger partial charge on any atom is -0.507 e. The van der Waals surface area contributed by atoms with Gasteiger partial charge in [-0.3, -0.25) is 0 Å². The Morgan fingerprint density at radius 2 is 1.67 bits per heavy atom. The number of carbonyl (C=O) groups excluding carboxylic acids is 1. The van der Waals surface area contributed by atoms with Crippen molar-refractivity contribution in [2.75, 3.05) is 7.11 Å². The van der Waals surface area contributed by atoms with Crippen LogP contribution in [0.5, 0.6) is 5.75 Å². The third-order valence-corrected chi connectivity index (χ3v) is 3.71. The Kier molecular flexibility index (Phi) is 4.49. The summed E-state index contributed by atoms with van der Waals surface area (Å²) >= 11 is 1.35. The Labute approximate surface area is 125 Å². The van der Waals surface area contributed by atoms with Crippen molar-refractivity contribution >= 4 is 23.7 Å². The molecule has 0 aromatic heterocycles. The number of rotatable bonds is 4. The monoisotopic (exact) mass is 304 g/mol. The summed E-state index contributed by atoms with van der Waals surface area (Å²) in [5.41, 5.74) is 0.311. The van der Waals surface area contributed by atoms with Gasteiger partial charge in [-0.15, -0.1) is 0 Å². The smallest absolute Gasteiger partial charge is 0.339 e. The predicted molar refractivity (Wildman–Crippen MR) is 77.0 cm³/mol. The van der Waals surface area contributed by atoms with Crippen LogP contribution >= 0.6 is 11.8 Å². The third kappa shape index (κ3) is 3.55. The van der Waals surface area contributed by atoms with Crippen molar-refractivity contribution in [3.8, 4) is 5.75 Å². The highest BCUT2D eigenvalue weighted by Gasteiger charge is 2.10. The lowest BCUT2D eigenvalue weighted by molar-refractivity contribution is 0.0599. The Balaban J connectivity index is 2.17. The van der Waals surface area contributed by atoms with Gasteiger partial charge in [0.05, 0.1) is 12.7 Å². The van der Waals surface area contributed by atoms with Gasteiger partial charge in [-0.2, -0.15) is 0 Å². The number of carbonyl (C=O) groups is 2. The van der Waals surface area contributed by atoms with Crippen LogP contribution in [0, 0.1) is 0 Å². The number of hydrogen-bond acceptors (Lipinski definition) is 5. The Morgan fingerprint density at radius 3 is 2.19 bits per heavy atom. The molecule has 0 radical (unpaired) electrons. The second kappa shape index (κ2) is 6.32. The van der Waals surface area contributed by atoms with Gasteiger partial charge < -0.3 is 14.9 Å². The van der Waals surface area contributed by atoms with Crippen molar-refractivity contribution in [2.24, 2.45) is 0 Å². The van der Waals surface area contributed by atoms with E-state index in [2.05, 4.69) is 4.74 Å². The van der Waals surface area contributed by atoms with Crippen LogP contribution in [0.4, 0.5) is 0 Å². The van der Waals surface area contributed by atoms with E-state index < -0.39 is 11.9 Å². The third-order valence-electron chi connectivity index (χ3n) is 2.71. The minimum atomic E-state index is -1.17. The van der Waals surface area contributed by atoms with Gasteiger partial charge in [0.2, 0.25) is 0 Å². The van der Waals surface area contributed by atoms with Gasteiger partial charge in [0, 0.05) is 9.79 Å². The van der Waals surface area contributed by atoms with E-state index in [0.717, 1.165) is 4.90 Å². The fourth-order valence-electron chi connectivity index (χ4n) is 1.67. The summed E-state index contributed by atoms with van der Waals surface area (Å²) in [5.74, 6) is -1.86. The molecule has 6 heteroatoms. The lowest BCUT2D eigenvalue weighted by Gasteiger charge is -2.05. The van der Waals surface area contributed by atoms with E-state index in [1.54, 1.807) is 30.3 Å². The van der Waals surface area contributed by atoms with Gasteiger partial charge in [0.1, 0.15) is 11.3 Å². The number of methoxy groups -OCH3 is 1. The van der Waals surface area contributed by atoms with E-state index in [0.29, 0.717) is 10.5 Å². The summed E-state index contributed by atoms with van der Waals surface area (Å²) in [7, 11) is 1.32. The summed E-state index contributed by atoms with van der Waals surface area (Å²) in [6.45, 7) is 0. The van der Waals surface area contributed by atoms with E-state index >= 15 is 0 Å². The van der Waals surface area contributed by atoms with Crippen molar-refractivity contribution < 1.29 is 24.5 Å². The Morgan fingerprint density at radius 1 is 1.05 bits per heavy atom. The summed E-state index contributed by atoms with van der Waals surface area (Å²) in [6.07, 6.45) is 0. The summed E-state index contributed by atoms with van der Waals surface area (Å²) in [5, 5.41) is 18.5. The number of carboxylic acids is 1. The standard InChI is InChI=1S/C15H12O5S/c1-20-15(19)9-2-4-10(5-3-9)21-11-6-7-12(14(17)18)13(16)8-11/h2-8,16H,1H3,(H,17,18). The number of esters is 1. The van der Waals surface area contributed by atoms with Crippen molar-refractivity contribution in [1.82, 2.24) is 0 Å². The summed E-state index contributed by atoms with van der Waals surface area (Å²) < 4.78 is 4.61. The van der Waals surface area contributed by atoms with Crippen molar-refractivity contribution in [2.45, 2.75) is 9.79 Å². The Bertz CT molecular complexity index is 679. The highest BCUT2D eigenvalue weighted by Crippen LogP contribution is 2.31. The lowest BCUT2D eigenvalue weighted by Crippen LogP contribution is -2.00. The van der Waals surface area contributed by atoms with Crippen molar-refractivity contribution in [3.05, 3.63) is 53.6 Å². The molecule has 0 aliphatic heterocycles. The molecule has 0 saturated heterocycles. The molecule has 2 aromatic carbocycles. The molecule has 2 rings (SSSR count). The van der Waals surface area contributed by atoms with Gasteiger partial charge in [0.25, 0.3) is 0 Å². The predicted octanol–water partition coefficient (Wildman–Crippen LogP) is 3.03. The lowest BCUT2D eigenvalue weighted by atomic mass is 10.2. The molecule has 0 fully saturated rings. The van der Waals surface area contributed by atoms with Crippen LogP contribution in [-0.2, 0) is 4.74 Å². The van der Waals surface area contributed by atoms with Gasteiger partial charge in [-0.1, -0.05) is 11.8 Å². The zero-order chi connectivity index (χ0) is 15.4. The fourth-order valence-corrected chi connectivity index (χ4v) is 2.52. The molecule has 21 heavy (non-hydrogen) atoms. The number of phenols is 1. The van der Waals surface area contributed by atoms with E-state index in [-0.39, 0.29) is 11.3 Å². The van der Waals surface area contributed by atoms with E-state index in [9.17, 15) is 14.7 Å². The molecule has 0 unspecified atom stereocenters. The molecule has 5 nitrogen and oxygen atoms in total. The maximum absolute atomic E-state index is 11.3. The minimum absolute atomic E-state index is 0.139. The molecule has 0 atom stereocenters. The highest BCUT2D eigenvalue weighted by atomic mass is 32.2. The van der Waals surface area contributed by atoms with Crippen LogP contribution < -0.4 is 0 Å². The van der Waals surface area contributed by atoms with Crippen LogP contribution in [0.25, 0.3) is 0 Å². The summed E-state index contributed by atoms with van der Waals surface area (Å²) in [6, 6.07) is 11.1. The van der Waals surface area contributed by atoms with E-state index in [1.807, 2.05) is 0 Å². The zero-order valence-corrected chi connectivity index (χ0v) is 11.9. The topological polar surface area (TPSA) is 83.8 Å². The molecule has 0 aliphatic rings. The van der Waals surface area contributed by atoms with Crippen molar-refractivity contribution in [3.63, 3.8) is 0 Å². The van der Waals surface area contributed by atoms with Crippen LogP contribution in [0.1, 0.15) is 20.7 Å². The molecule has 0 amide bonds. The maximum atomic E-state index is 11.3. The van der Waals surface area contributed by atoms with Crippen molar-refractivity contribution in [1.29, 1.82) is 0 Å². The van der Waals surface area contributed by atoms with Crippen LogP contribution in [0.3, 0.4) is 0 Å². The van der Waals surface area contributed by atoms with Gasteiger partial charge in [0.15, 0.2) is 0 Å². The van der Waals surface area contributed by atoms with E-state index in [1.165, 1.54) is 31.0 Å². The van der Waals surface area contributed by atoms with Crippen LogP contribution in [-0.4, -0.2) is 29.3 Å². The largest absolute Gasteiger partial charge is 0.507 e. The molecule has 2 N–H and O–H groups in total. The molecular formula is C15H12O5S. The quantitative estimate of drug-likeness (QED) is 0.845. The average molecular weight is 304 g/mol. The van der Waals surface area contributed by atoms with Crippen LogP contribution in [0.15, 0.2) is 52.3 Å².